The molecule has 23 heavy (non-hydrogen) atoms. The molecule has 3 rings (SSSR count). The molecule has 0 aromatic heterocycles. The van der Waals surface area contributed by atoms with E-state index < -0.39 is 18.8 Å². The van der Waals surface area contributed by atoms with Gasteiger partial charge in [-0.05, 0) is 72.8 Å². The second kappa shape index (κ2) is 5.98. The number of halogens is 2. The van der Waals surface area contributed by atoms with Crippen LogP contribution in [0.1, 0.15) is 0 Å². The van der Waals surface area contributed by atoms with Gasteiger partial charge >= 0.3 is 0 Å². The third kappa shape index (κ3) is 2.90. The normalized spacial score (nSPS) is 11.4. The molecule has 5 heteroatoms. The highest BCUT2D eigenvalue weighted by Gasteiger charge is 2.29. The van der Waals surface area contributed by atoms with Crippen molar-refractivity contribution in [2.45, 2.75) is 0 Å². The summed E-state index contributed by atoms with van der Waals surface area (Å²) in [5, 5.41) is 10.8. The van der Waals surface area contributed by atoms with Crippen LogP contribution in [0.2, 0.25) is 0 Å². The van der Waals surface area contributed by atoms with E-state index in [0.717, 1.165) is 0 Å². The first-order valence-electron chi connectivity index (χ1n) is 6.92. The zero-order valence-corrected chi connectivity index (χ0v) is 12.9. The highest BCUT2D eigenvalue weighted by molar-refractivity contribution is 7.85. The van der Waals surface area contributed by atoms with Gasteiger partial charge in [-0.25, -0.2) is 8.78 Å². The Morgan fingerprint density at radius 1 is 0.609 bits per heavy atom. The second-order valence-corrected chi connectivity index (χ2v) is 7.85. The molecule has 0 amide bonds. The smallest absolute Gasteiger partial charge is 0.171 e. The number of benzene rings is 3. The first-order chi connectivity index (χ1) is 11.0. The van der Waals surface area contributed by atoms with E-state index in [9.17, 15) is 18.5 Å². The lowest BCUT2D eigenvalue weighted by Crippen LogP contribution is -2.25. The molecule has 1 N–H and O–H groups in total. The summed E-state index contributed by atoms with van der Waals surface area (Å²) in [6, 6.07) is 16.8. The number of aromatic hydroxyl groups is 1. The van der Waals surface area contributed by atoms with Crippen LogP contribution < -0.4 is 15.9 Å². The average Bonchev–Trinajstić information content (AvgIpc) is 2.56. The van der Waals surface area contributed by atoms with E-state index in [-0.39, 0.29) is 5.75 Å². The predicted octanol–water partition coefficient (Wildman–Crippen LogP) is 3.31. The molecule has 0 aliphatic carbocycles. The molecule has 0 aliphatic rings. The summed E-state index contributed by atoms with van der Waals surface area (Å²) in [4.78, 5) is 0. The van der Waals surface area contributed by atoms with Crippen molar-refractivity contribution in [2.75, 3.05) is 0 Å². The van der Waals surface area contributed by atoms with Crippen LogP contribution in [-0.4, -0.2) is 5.11 Å². The molecular formula is C18H13F2O2P. The topological polar surface area (TPSA) is 37.3 Å². The predicted molar refractivity (Wildman–Crippen MR) is 87.4 cm³/mol. The molecule has 0 fully saturated rings. The van der Waals surface area contributed by atoms with Gasteiger partial charge in [0.2, 0.25) is 0 Å². The summed E-state index contributed by atoms with van der Waals surface area (Å²) in [6.07, 6.45) is 0. The van der Waals surface area contributed by atoms with Crippen molar-refractivity contribution in [1.82, 2.24) is 0 Å². The van der Waals surface area contributed by atoms with E-state index in [1.165, 1.54) is 60.7 Å². The lowest BCUT2D eigenvalue weighted by molar-refractivity contribution is 0.475. The Hall–Kier alpha value is -2.45. The van der Waals surface area contributed by atoms with Crippen molar-refractivity contribution >= 4 is 23.1 Å². The minimum atomic E-state index is -3.28. The lowest BCUT2D eigenvalue weighted by Gasteiger charge is -2.20. The Labute approximate surface area is 132 Å². The Bertz CT molecular complexity index is 739. The van der Waals surface area contributed by atoms with E-state index in [1.807, 2.05) is 0 Å². The minimum absolute atomic E-state index is 0.0542. The Morgan fingerprint density at radius 2 is 0.913 bits per heavy atom. The SMILES string of the molecule is O=P(c1ccc(O)cc1)(c1ccc(F)cc1)c1ccc(F)cc1. The minimum Gasteiger partial charge on any atom is -0.508 e. The molecule has 0 unspecified atom stereocenters. The van der Waals surface area contributed by atoms with Crippen molar-refractivity contribution < 1.29 is 18.5 Å². The number of rotatable bonds is 3. The van der Waals surface area contributed by atoms with E-state index >= 15 is 0 Å². The Balaban J connectivity index is 2.24. The van der Waals surface area contributed by atoms with E-state index in [2.05, 4.69) is 0 Å². The fourth-order valence-corrected chi connectivity index (χ4v) is 5.01. The van der Waals surface area contributed by atoms with Gasteiger partial charge in [0, 0.05) is 15.9 Å². The maximum absolute atomic E-state index is 13.8. The zero-order valence-electron chi connectivity index (χ0n) is 12.0. The molecule has 0 bridgehead atoms. The first-order valence-corrected chi connectivity index (χ1v) is 8.63. The van der Waals surface area contributed by atoms with Crippen LogP contribution in [0.5, 0.6) is 5.75 Å². The first kappa shape index (κ1) is 15.4. The Morgan fingerprint density at radius 3 is 1.26 bits per heavy atom. The summed E-state index contributed by atoms with van der Waals surface area (Å²) in [6.45, 7) is 0. The summed E-state index contributed by atoms with van der Waals surface area (Å²) in [7, 11) is -3.28. The van der Waals surface area contributed by atoms with Crippen LogP contribution in [0.15, 0.2) is 72.8 Å². The van der Waals surface area contributed by atoms with Crippen molar-refractivity contribution in [2.24, 2.45) is 0 Å². The van der Waals surface area contributed by atoms with Crippen LogP contribution in [-0.2, 0) is 4.57 Å². The molecule has 0 saturated carbocycles. The summed E-state index contributed by atoms with van der Waals surface area (Å²) >= 11 is 0. The second-order valence-electron chi connectivity index (χ2n) is 5.08. The average molecular weight is 330 g/mol. The van der Waals surface area contributed by atoms with Crippen LogP contribution >= 0.6 is 7.14 Å². The highest BCUT2D eigenvalue weighted by Crippen LogP contribution is 2.42. The van der Waals surface area contributed by atoms with Crippen molar-refractivity contribution in [3.05, 3.63) is 84.4 Å². The van der Waals surface area contributed by atoms with Crippen molar-refractivity contribution in [3.63, 3.8) is 0 Å². The summed E-state index contributed by atoms with van der Waals surface area (Å²) < 4.78 is 40.3. The van der Waals surface area contributed by atoms with Gasteiger partial charge in [-0.1, -0.05) is 0 Å². The van der Waals surface area contributed by atoms with Gasteiger partial charge < -0.3 is 9.67 Å². The number of phenols is 1. The molecule has 0 radical (unpaired) electrons. The molecule has 3 aromatic carbocycles. The highest BCUT2D eigenvalue weighted by atomic mass is 31.2. The molecule has 0 aliphatic heterocycles. The molecular weight excluding hydrogens is 317 g/mol. The fourth-order valence-electron chi connectivity index (χ4n) is 2.41. The number of hydrogen-bond donors (Lipinski definition) is 1. The molecule has 0 atom stereocenters. The summed E-state index contributed by atoms with van der Waals surface area (Å²) in [5.41, 5.74) is 0. The quantitative estimate of drug-likeness (QED) is 0.748. The molecule has 0 saturated heterocycles. The number of hydrogen-bond acceptors (Lipinski definition) is 2. The van der Waals surface area contributed by atoms with Crippen LogP contribution in [0.4, 0.5) is 8.78 Å². The Kier molecular flexibility index (Phi) is 4.01. The van der Waals surface area contributed by atoms with Gasteiger partial charge in [0.25, 0.3) is 0 Å². The van der Waals surface area contributed by atoms with Gasteiger partial charge in [-0.3, -0.25) is 0 Å². The third-order valence-electron chi connectivity index (χ3n) is 3.59. The van der Waals surface area contributed by atoms with Crippen LogP contribution in [0, 0.1) is 11.6 Å². The molecule has 2 nitrogen and oxygen atoms in total. The monoisotopic (exact) mass is 330 g/mol. The number of phenolic OH excluding ortho intramolecular Hbond substituents is 1. The maximum Gasteiger partial charge on any atom is 0.171 e. The van der Waals surface area contributed by atoms with Gasteiger partial charge in [0.15, 0.2) is 7.14 Å². The molecule has 116 valence electrons. The lowest BCUT2D eigenvalue weighted by atomic mass is 10.3. The zero-order chi connectivity index (χ0) is 16.4. The molecule has 0 spiro atoms. The van der Waals surface area contributed by atoms with Crippen molar-refractivity contribution in [3.8, 4) is 5.75 Å². The van der Waals surface area contributed by atoms with Crippen molar-refractivity contribution in [1.29, 1.82) is 0 Å². The van der Waals surface area contributed by atoms with E-state index in [4.69, 9.17) is 0 Å². The fraction of sp³-hybridized carbons (Fsp3) is 0. The van der Waals surface area contributed by atoms with Crippen LogP contribution in [0.25, 0.3) is 0 Å². The largest absolute Gasteiger partial charge is 0.508 e. The third-order valence-corrected chi connectivity index (χ3v) is 6.67. The van der Waals surface area contributed by atoms with Gasteiger partial charge in [0.1, 0.15) is 17.4 Å². The summed E-state index contributed by atoms with van der Waals surface area (Å²) in [5.74, 6) is -0.797. The van der Waals surface area contributed by atoms with Gasteiger partial charge in [-0.15, -0.1) is 0 Å². The van der Waals surface area contributed by atoms with E-state index in [1.54, 1.807) is 12.1 Å². The van der Waals surface area contributed by atoms with E-state index in [0.29, 0.717) is 15.9 Å². The molecule has 0 heterocycles. The van der Waals surface area contributed by atoms with Gasteiger partial charge in [0.05, 0.1) is 0 Å². The van der Waals surface area contributed by atoms with Gasteiger partial charge in [-0.2, -0.15) is 0 Å². The van der Waals surface area contributed by atoms with Crippen LogP contribution in [0.3, 0.4) is 0 Å². The standard InChI is InChI=1S/C18H13F2O2P/c19-13-1-7-16(8-2-13)23(22,17-9-3-14(20)4-10-17)18-11-5-15(21)6-12-18/h1-12,21H. The molecule has 3 aromatic rings. The maximum atomic E-state index is 13.8.